The van der Waals surface area contributed by atoms with Crippen LogP contribution in [-0.2, 0) is 6.54 Å². The number of nitrogens with one attached hydrogen (secondary N) is 1. The summed E-state index contributed by atoms with van der Waals surface area (Å²) in [6.07, 6.45) is 23.8. The predicted molar refractivity (Wildman–Crippen MR) is 122 cm³/mol. The van der Waals surface area contributed by atoms with Gasteiger partial charge in [0, 0.05) is 12.6 Å². The number of unbranched alkanes of at least 4 members (excludes halogenated alkanes) is 10. The van der Waals surface area contributed by atoms with Crippen LogP contribution in [0.2, 0.25) is 0 Å². The third-order valence-electron chi connectivity index (χ3n) is 5.41. The van der Waals surface area contributed by atoms with Gasteiger partial charge in [0.15, 0.2) is 0 Å². The molecular formula is C26H45N. The van der Waals surface area contributed by atoms with Crippen molar-refractivity contribution in [3.63, 3.8) is 0 Å². The van der Waals surface area contributed by atoms with Crippen LogP contribution in [0.3, 0.4) is 0 Å². The van der Waals surface area contributed by atoms with E-state index >= 15 is 0 Å². The minimum Gasteiger partial charge on any atom is -0.310 e. The third kappa shape index (κ3) is 14.6. The Bertz CT molecular complexity index is 437. The molecule has 0 saturated carbocycles. The minimum atomic E-state index is 0.618. The maximum absolute atomic E-state index is 3.81. The average Bonchev–Trinajstić information content (AvgIpc) is 2.70. The molecule has 0 spiro atoms. The van der Waals surface area contributed by atoms with Gasteiger partial charge in [0.05, 0.1) is 0 Å². The number of rotatable bonds is 18. The van der Waals surface area contributed by atoms with Gasteiger partial charge in [-0.2, -0.15) is 0 Å². The normalized spacial score (nSPS) is 12.7. The van der Waals surface area contributed by atoms with Crippen molar-refractivity contribution < 1.29 is 0 Å². The summed E-state index contributed by atoms with van der Waals surface area (Å²) < 4.78 is 0. The Morgan fingerprint density at radius 2 is 1.37 bits per heavy atom. The van der Waals surface area contributed by atoms with E-state index in [4.69, 9.17) is 0 Å². The van der Waals surface area contributed by atoms with Crippen molar-refractivity contribution in [3.05, 3.63) is 48.0 Å². The molecule has 1 rings (SSSR count). The predicted octanol–water partition coefficient (Wildman–Crippen LogP) is 8.20. The second kappa shape index (κ2) is 18.3. The monoisotopic (exact) mass is 371 g/mol. The molecule has 0 aliphatic carbocycles. The maximum atomic E-state index is 3.81. The highest BCUT2D eigenvalue weighted by molar-refractivity contribution is 5.14. The SMILES string of the molecule is CCCCCCC/C=C/CC(CCCCCCCC)NCc1ccccc1. The highest BCUT2D eigenvalue weighted by Gasteiger charge is 2.06. The van der Waals surface area contributed by atoms with Crippen LogP contribution < -0.4 is 5.32 Å². The van der Waals surface area contributed by atoms with E-state index in [2.05, 4.69) is 61.6 Å². The zero-order valence-corrected chi connectivity index (χ0v) is 18.2. The molecule has 1 N–H and O–H groups in total. The van der Waals surface area contributed by atoms with E-state index in [1.807, 2.05) is 0 Å². The van der Waals surface area contributed by atoms with Gasteiger partial charge in [-0.25, -0.2) is 0 Å². The van der Waals surface area contributed by atoms with Gasteiger partial charge in [0.25, 0.3) is 0 Å². The summed E-state index contributed by atoms with van der Waals surface area (Å²) in [5.41, 5.74) is 1.39. The summed E-state index contributed by atoms with van der Waals surface area (Å²) >= 11 is 0. The molecule has 0 aromatic heterocycles. The summed E-state index contributed by atoms with van der Waals surface area (Å²) in [5, 5.41) is 3.81. The van der Waals surface area contributed by atoms with Gasteiger partial charge in [-0.05, 0) is 31.2 Å². The molecule has 0 radical (unpaired) electrons. The van der Waals surface area contributed by atoms with Crippen LogP contribution in [0.5, 0.6) is 0 Å². The van der Waals surface area contributed by atoms with Gasteiger partial charge < -0.3 is 5.32 Å². The fourth-order valence-corrected chi connectivity index (χ4v) is 3.58. The van der Waals surface area contributed by atoms with Gasteiger partial charge in [-0.3, -0.25) is 0 Å². The lowest BCUT2D eigenvalue weighted by Crippen LogP contribution is -2.28. The van der Waals surface area contributed by atoms with Crippen molar-refractivity contribution in [1.29, 1.82) is 0 Å². The van der Waals surface area contributed by atoms with Crippen LogP contribution in [0.4, 0.5) is 0 Å². The van der Waals surface area contributed by atoms with E-state index in [-0.39, 0.29) is 0 Å². The zero-order valence-electron chi connectivity index (χ0n) is 18.2. The van der Waals surface area contributed by atoms with E-state index in [1.165, 1.54) is 95.5 Å². The van der Waals surface area contributed by atoms with Crippen LogP contribution in [-0.4, -0.2) is 6.04 Å². The maximum Gasteiger partial charge on any atom is 0.0208 e. The molecule has 154 valence electrons. The van der Waals surface area contributed by atoms with Crippen molar-refractivity contribution >= 4 is 0 Å². The summed E-state index contributed by atoms with van der Waals surface area (Å²) in [7, 11) is 0. The second-order valence-corrected chi connectivity index (χ2v) is 8.03. The van der Waals surface area contributed by atoms with Gasteiger partial charge >= 0.3 is 0 Å². The van der Waals surface area contributed by atoms with Crippen LogP contribution in [0.25, 0.3) is 0 Å². The zero-order chi connectivity index (χ0) is 19.4. The number of allylic oxidation sites excluding steroid dienone is 1. The fourth-order valence-electron chi connectivity index (χ4n) is 3.58. The minimum absolute atomic E-state index is 0.618. The summed E-state index contributed by atoms with van der Waals surface area (Å²) in [4.78, 5) is 0. The molecule has 0 aliphatic rings. The molecule has 27 heavy (non-hydrogen) atoms. The van der Waals surface area contributed by atoms with Crippen LogP contribution in [0, 0.1) is 0 Å². The first-order valence-electron chi connectivity index (χ1n) is 11.8. The first-order chi connectivity index (χ1) is 13.4. The molecule has 1 heteroatoms. The second-order valence-electron chi connectivity index (χ2n) is 8.03. The van der Waals surface area contributed by atoms with Gasteiger partial charge in [0.2, 0.25) is 0 Å². The molecular weight excluding hydrogens is 326 g/mol. The smallest absolute Gasteiger partial charge is 0.0208 e. The molecule has 1 atom stereocenters. The lowest BCUT2D eigenvalue weighted by Gasteiger charge is -2.17. The van der Waals surface area contributed by atoms with Crippen molar-refractivity contribution in [2.24, 2.45) is 0 Å². The van der Waals surface area contributed by atoms with E-state index in [0.29, 0.717) is 6.04 Å². The van der Waals surface area contributed by atoms with Crippen LogP contribution >= 0.6 is 0 Å². The summed E-state index contributed by atoms with van der Waals surface area (Å²) in [5.74, 6) is 0. The third-order valence-corrected chi connectivity index (χ3v) is 5.41. The molecule has 0 heterocycles. The highest BCUT2D eigenvalue weighted by Crippen LogP contribution is 2.12. The topological polar surface area (TPSA) is 12.0 Å². The number of hydrogen-bond donors (Lipinski definition) is 1. The first-order valence-corrected chi connectivity index (χ1v) is 11.8. The molecule has 0 fully saturated rings. The average molecular weight is 372 g/mol. The Hall–Kier alpha value is -1.08. The van der Waals surface area contributed by atoms with Crippen molar-refractivity contribution in [2.45, 2.75) is 116 Å². The first kappa shape index (κ1) is 24.0. The van der Waals surface area contributed by atoms with Crippen molar-refractivity contribution in [3.8, 4) is 0 Å². The number of benzene rings is 1. The van der Waals surface area contributed by atoms with Gasteiger partial charge in [-0.15, -0.1) is 0 Å². The van der Waals surface area contributed by atoms with E-state index < -0.39 is 0 Å². The molecule has 1 aromatic rings. The largest absolute Gasteiger partial charge is 0.310 e. The molecule has 1 nitrogen and oxygen atoms in total. The van der Waals surface area contributed by atoms with Crippen LogP contribution in [0.15, 0.2) is 42.5 Å². The van der Waals surface area contributed by atoms with Gasteiger partial charge in [-0.1, -0.05) is 121 Å². The fraction of sp³-hybridized carbons (Fsp3) is 0.692. The number of hydrogen-bond acceptors (Lipinski definition) is 1. The lowest BCUT2D eigenvalue weighted by molar-refractivity contribution is 0.453. The van der Waals surface area contributed by atoms with Gasteiger partial charge in [0.1, 0.15) is 0 Å². The van der Waals surface area contributed by atoms with Crippen molar-refractivity contribution in [1.82, 2.24) is 5.32 Å². The molecule has 0 saturated heterocycles. The lowest BCUT2D eigenvalue weighted by atomic mass is 10.0. The molecule has 0 bridgehead atoms. The Labute approximate surface area is 170 Å². The molecule has 1 aromatic carbocycles. The van der Waals surface area contributed by atoms with Crippen molar-refractivity contribution in [2.75, 3.05) is 0 Å². The molecule has 0 aliphatic heterocycles. The summed E-state index contributed by atoms with van der Waals surface area (Å²) in [6, 6.07) is 11.4. The summed E-state index contributed by atoms with van der Waals surface area (Å²) in [6.45, 7) is 5.57. The molecule has 0 amide bonds. The standard InChI is InChI=1S/C26H45N/c1-3-5-7-9-11-12-14-19-23-26(22-18-13-10-8-6-4-2)27-24-25-20-16-15-17-21-25/h14-17,19-21,26-27H,3-13,18,22-24H2,1-2H3/b19-14+. The van der Waals surface area contributed by atoms with E-state index in [0.717, 1.165) is 6.54 Å². The van der Waals surface area contributed by atoms with Crippen LogP contribution in [0.1, 0.15) is 109 Å². The quantitative estimate of drug-likeness (QED) is 0.202. The Morgan fingerprint density at radius 3 is 2.07 bits per heavy atom. The highest BCUT2D eigenvalue weighted by atomic mass is 14.9. The Balaban J connectivity index is 2.26. The van der Waals surface area contributed by atoms with E-state index in [1.54, 1.807) is 0 Å². The Kier molecular flexibility index (Phi) is 16.2. The Morgan fingerprint density at radius 1 is 0.741 bits per heavy atom. The molecule has 1 unspecified atom stereocenters. The van der Waals surface area contributed by atoms with E-state index in [9.17, 15) is 0 Å².